The highest BCUT2D eigenvalue weighted by molar-refractivity contribution is 6.30. The summed E-state index contributed by atoms with van der Waals surface area (Å²) < 4.78 is 1.82. The number of piperazine rings is 1. The van der Waals surface area contributed by atoms with Crippen molar-refractivity contribution in [2.75, 3.05) is 36.4 Å². The highest BCUT2D eigenvalue weighted by Gasteiger charge is 2.24. The molecule has 1 aliphatic rings. The molecular formula is C30H26ClN5O2. The molecule has 0 aliphatic carbocycles. The second-order valence-electron chi connectivity index (χ2n) is 9.07. The SMILES string of the molecule is N#C/C(=C/c1cn(CC(=O)Nc2ccc(Cl)cc2)c2ccccc12)C(=O)N1CCN(c2ccccc2)CC1. The molecule has 1 N–H and O–H groups in total. The number of hydrogen-bond acceptors (Lipinski definition) is 4. The Morgan fingerprint density at radius 3 is 2.32 bits per heavy atom. The molecule has 0 saturated carbocycles. The number of fused-ring (bicyclic) bond motifs is 1. The molecule has 0 radical (unpaired) electrons. The largest absolute Gasteiger partial charge is 0.368 e. The molecule has 2 amide bonds. The van der Waals surface area contributed by atoms with Gasteiger partial charge in [-0.15, -0.1) is 0 Å². The standard InChI is InChI=1S/C30H26ClN5O2/c31-24-10-12-25(13-11-24)33-29(37)21-36-20-23(27-8-4-5-9-28(27)36)18-22(19-32)30(38)35-16-14-34(15-17-35)26-6-2-1-3-7-26/h1-13,18,20H,14-17,21H2,(H,33,37)/b22-18-. The van der Waals surface area contributed by atoms with Crippen molar-refractivity contribution in [3.05, 3.63) is 101 Å². The van der Waals surface area contributed by atoms with Crippen molar-refractivity contribution in [3.63, 3.8) is 0 Å². The number of para-hydroxylation sites is 2. The van der Waals surface area contributed by atoms with Crippen LogP contribution in [0.4, 0.5) is 11.4 Å². The molecule has 8 heteroatoms. The summed E-state index contributed by atoms with van der Waals surface area (Å²) in [6.45, 7) is 2.57. The molecule has 5 rings (SSSR count). The summed E-state index contributed by atoms with van der Waals surface area (Å²) in [4.78, 5) is 30.0. The summed E-state index contributed by atoms with van der Waals surface area (Å²) in [5.41, 5.74) is 3.41. The van der Waals surface area contributed by atoms with Crippen molar-refractivity contribution < 1.29 is 9.59 Å². The zero-order valence-corrected chi connectivity index (χ0v) is 21.4. The van der Waals surface area contributed by atoms with Gasteiger partial charge in [0, 0.05) is 65.2 Å². The highest BCUT2D eigenvalue weighted by atomic mass is 35.5. The molecule has 1 fully saturated rings. The molecule has 0 atom stereocenters. The maximum atomic E-state index is 13.3. The van der Waals surface area contributed by atoms with Gasteiger partial charge in [0.15, 0.2) is 0 Å². The van der Waals surface area contributed by atoms with E-state index in [0.29, 0.717) is 42.5 Å². The maximum absolute atomic E-state index is 13.3. The molecule has 190 valence electrons. The van der Waals surface area contributed by atoms with Crippen LogP contribution in [-0.4, -0.2) is 47.5 Å². The van der Waals surface area contributed by atoms with E-state index in [1.165, 1.54) is 0 Å². The predicted octanol–water partition coefficient (Wildman–Crippen LogP) is 5.19. The summed E-state index contributed by atoms with van der Waals surface area (Å²) >= 11 is 5.93. The number of halogens is 1. The third-order valence-corrected chi connectivity index (χ3v) is 6.85. The molecule has 4 aromatic rings. The Morgan fingerprint density at radius 1 is 0.921 bits per heavy atom. The molecule has 1 aliphatic heterocycles. The number of hydrogen-bond donors (Lipinski definition) is 1. The van der Waals surface area contributed by atoms with E-state index in [9.17, 15) is 14.9 Å². The van der Waals surface area contributed by atoms with Crippen LogP contribution in [0.25, 0.3) is 17.0 Å². The Balaban J connectivity index is 1.33. The third kappa shape index (κ3) is 5.56. The van der Waals surface area contributed by atoms with Gasteiger partial charge in [-0.1, -0.05) is 48.0 Å². The lowest BCUT2D eigenvalue weighted by atomic mass is 10.1. The zero-order valence-electron chi connectivity index (χ0n) is 20.7. The van der Waals surface area contributed by atoms with E-state index in [4.69, 9.17) is 11.6 Å². The number of amides is 2. The number of nitriles is 1. The van der Waals surface area contributed by atoms with E-state index in [-0.39, 0.29) is 23.9 Å². The molecule has 1 saturated heterocycles. The lowest BCUT2D eigenvalue weighted by molar-refractivity contribution is -0.127. The molecule has 0 spiro atoms. The summed E-state index contributed by atoms with van der Waals surface area (Å²) in [5.74, 6) is -0.478. The predicted molar refractivity (Wildman–Crippen MR) is 151 cm³/mol. The number of rotatable bonds is 6. The van der Waals surface area contributed by atoms with E-state index in [2.05, 4.69) is 28.4 Å². The highest BCUT2D eigenvalue weighted by Crippen LogP contribution is 2.25. The van der Waals surface area contributed by atoms with E-state index in [1.54, 1.807) is 35.2 Å². The lowest BCUT2D eigenvalue weighted by Gasteiger charge is -2.36. The number of nitrogens with one attached hydrogen (secondary N) is 1. The first-order valence-corrected chi connectivity index (χ1v) is 12.7. The van der Waals surface area contributed by atoms with E-state index in [0.717, 1.165) is 16.6 Å². The van der Waals surface area contributed by atoms with Crippen molar-refractivity contribution in [2.45, 2.75) is 6.54 Å². The van der Waals surface area contributed by atoms with Crippen LogP contribution < -0.4 is 10.2 Å². The number of anilines is 2. The summed E-state index contributed by atoms with van der Waals surface area (Å²) in [6.07, 6.45) is 3.44. The van der Waals surface area contributed by atoms with Gasteiger partial charge in [0.2, 0.25) is 5.91 Å². The van der Waals surface area contributed by atoms with Crippen LogP contribution in [-0.2, 0) is 16.1 Å². The van der Waals surface area contributed by atoms with Crippen molar-refractivity contribution in [2.24, 2.45) is 0 Å². The minimum Gasteiger partial charge on any atom is -0.368 e. The van der Waals surface area contributed by atoms with Crippen molar-refractivity contribution in [1.82, 2.24) is 9.47 Å². The first-order chi connectivity index (χ1) is 18.5. The van der Waals surface area contributed by atoms with E-state index in [1.807, 2.05) is 53.2 Å². The monoisotopic (exact) mass is 523 g/mol. The average Bonchev–Trinajstić information content (AvgIpc) is 3.30. The quantitative estimate of drug-likeness (QED) is 0.278. The van der Waals surface area contributed by atoms with E-state index < -0.39 is 0 Å². The maximum Gasteiger partial charge on any atom is 0.264 e. The molecule has 2 heterocycles. The molecular weight excluding hydrogens is 498 g/mol. The fourth-order valence-electron chi connectivity index (χ4n) is 4.68. The minimum atomic E-state index is -0.280. The molecule has 3 aromatic carbocycles. The van der Waals surface area contributed by atoms with Crippen LogP contribution in [0.15, 0.2) is 90.6 Å². The molecule has 0 unspecified atom stereocenters. The molecule has 0 bridgehead atoms. The van der Waals surface area contributed by atoms with Gasteiger partial charge in [-0.2, -0.15) is 5.26 Å². The Hall–Kier alpha value is -4.54. The zero-order chi connectivity index (χ0) is 26.5. The third-order valence-electron chi connectivity index (χ3n) is 6.60. The van der Waals surface area contributed by atoms with Gasteiger partial charge in [-0.25, -0.2) is 0 Å². The number of nitrogens with zero attached hydrogens (tertiary/aromatic N) is 4. The second-order valence-corrected chi connectivity index (χ2v) is 9.51. The van der Waals surface area contributed by atoms with E-state index >= 15 is 0 Å². The van der Waals surface area contributed by atoms with Gasteiger partial charge < -0.3 is 19.7 Å². The van der Waals surface area contributed by atoms with Crippen molar-refractivity contribution in [3.8, 4) is 6.07 Å². The van der Waals surface area contributed by atoms with Crippen LogP contribution in [0.3, 0.4) is 0 Å². The van der Waals surface area contributed by atoms with Crippen LogP contribution in [0.2, 0.25) is 5.02 Å². The molecule has 1 aromatic heterocycles. The Kier molecular flexibility index (Phi) is 7.43. The summed E-state index contributed by atoms with van der Waals surface area (Å²) in [6, 6.07) is 26.7. The Bertz CT molecular complexity index is 1530. The van der Waals surface area contributed by atoms with Crippen LogP contribution >= 0.6 is 11.6 Å². The van der Waals surface area contributed by atoms with Gasteiger partial charge in [-0.3, -0.25) is 9.59 Å². The van der Waals surface area contributed by atoms with Crippen molar-refractivity contribution in [1.29, 1.82) is 5.26 Å². The molecule has 38 heavy (non-hydrogen) atoms. The van der Waals surface area contributed by atoms with Crippen molar-refractivity contribution >= 4 is 51.8 Å². The summed E-state index contributed by atoms with van der Waals surface area (Å²) in [5, 5.41) is 14.2. The number of aromatic nitrogens is 1. The minimum absolute atomic E-state index is 0.0756. The Morgan fingerprint density at radius 2 is 1.61 bits per heavy atom. The first kappa shape index (κ1) is 25.1. The number of carbonyl (C=O) groups is 2. The summed E-state index contributed by atoms with van der Waals surface area (Å²) in [7, 11) is 0. The fourth-order valence-corrected chi connectivity index (χ4v) is 4.81. The van der Waals surface area contributed by atoms with Crippen LogP contribution in [0.1, 0.15) is 5.56 Å². The molecule has 7 nitrogen and oxygen atoms in total. The van der Waals surface area contributed by atoms with Gasteiger partial charge in [0.1, 0.15) is 18.2 Å². The number of carbonyl (C=O) groups excluding carboxylic acids is 2. The normalized spacial score (nSPS) is 13.8. The second kappa shape index (κ2) is 11.2. The van der Waals surface area contributed by atoms with Gasteiger partial charge in [0.25, 0.3) is 5.91 Å². The fraction of sp³-hybridized carbons (Fsp3) is 0.167. The van der Waals surface area contributed by atoms with Crippen LogP contribution in [0, 0.1) is 11.3 Å². The van der Waals surface area contributed by atoms with Gasteiger partial charge in [-0.05, 0) is 48.5 Å². The van der Waals surface area contributed by atoms with Gasteiger partial charge in [0.05, 0.1) is 0 Å². The van der Waals surface area contributed by atoms with Gasteiger partial charge >= 0.3 is 0 Å². The average molecular weight is 524 g/mol. The Labute approximate surface area is 226 Å². The lowest BCUT2D eigenvalue weighted by Crippen LogP contribution is -2.49. The smallest absolute Gasteiger partial charge is 0.264 e. The van der Waals surface area contributed by atoms with Crippen LogP contribution in [0.5, 0.6) is 0 Å². The topological polar surface area (TPSA) is 81.4 Å². The number of benzene rings is 3. The first-order valence-electron chi connectivity index (χ1n) is 12.4.